The van der Waals surface area contributed by atoms with E-state index in [4.69, 9.17) is 0 Å². The van der Waals surface area contributed by atoms with Crippen molar-refractivity contribution in [1.29, 1.82) is 0 Å². The third-order valence-electron chi connectivity index (χ3n) is 2.17. The van der Waals surface area contributed by atoms with Crippen molar-refractivity contribution in [3.05, 3.63) is 18.2 Å². The first-order valence-corrected chi connectivity index (χ1v) is 5.29. The van der Waals surface area contributed by atoms with Gasteiger partial charge >= 0.3 is 6.18 Å². The summed E-state index contributed by atoms with van der Waals surface area (Å²) in [6, 6.07) is -0.331. The third kappa shape index (κ3) is 4.74. The molecule has 1 aromatic heterocycles. The molecule has 0 aliphatic rings. The molecule has 0 bridgehead atoms. The number of aromatic nitrogens is 2. The van der Waals surface area contributed by atoms with Crippen LogP contribution in [0.1, 0.15) is 18.8 Å². The van der Waals surface area contributed by atoms with Gasteiger partial charge < -0.3 is 14.6 Å². The zero-order valence-electron chi connectivity index (χ0n) is 9.79. The number of halogens is 3. The van der Waals surface area contributed by atoms with Gasteiger partial charge in [0.25, 0.3) is 0 Å². The molecule has 7 heteroatoms. The number of hydrogen-bond acceptors (Lipinski definition) is 3. The predicted molar refractivity (Wildman–Crippen MR) is 56.5 cm³/mol. The van der Waals surface area contributed by atoms with E-state index < -0.39 is 12.8 Å². The Kier molecular flexibility index (Phi) is 4.95. The van der Waals surface area contributed by atoms with E-state index in [1.165, 1.54) is 0 Å². The average Bonchev–Trinajstić information content (AvgIpc) is 2.61. The summed E-state index contributed by atoms with van der Waals surface area (Å²) in [4.78, 5) is 4.09. The van der Waals surface area contributed by atoms with Crippen molar-refractivity contribution in [2.24, 2.45) is 7.05 Å². The van der Waals surface area contributed by atoms with E-state index in [1.54, 1.807) is 24.0 Å². The summed E-state index contributed by atoms with van der Waals surface area (Å²) in [6.45, 7) is 1.21. The number of imidazole rings is 1. The van der Waals surface area contributed by atoms with Crippen LogP contribution in [0.15, 0.2) is 12.4 Å². The summed E-state index contributed by atoms with van der Waals surface area (Å²) >= 11 is 0. The fourth-order valence-electron chi connectivity index (χ4n) is 1.48. The summed E-state index contributed by atoms with van der Waals surface area (Å²) in [6.07, 6.45) is -0.953. The number of ether oxygens (including phenoxy) is 1. The molecule has 1 rings (SSSR count). The fourth-order valence-corrected chi connectivity index (χ4v) is 1.48. The molecular formula is C10H16F3N3O. The Morgan fingerprint density at radius 1 is 1.53 bits per heavy atom. The van der Waals surface area contributed by atoms with E-state index in [1.807, 2.05) is 6.92 Å². The van der Waals surface area contributed by atoms with Crippen LogP contribution in [0.5, 0.6) is 0 Å². The molecule has 0 aromatic carbocycles. The molecule has 0 aliphatic carbocycles. The smallest absolute Gasteiger partial charge is 0.370 e. The minimum Gasteiger partial charge on any atom is -0.370 e. The summed E-state index contributed by atoms with van der Waals surface area (Å²) in [5, 5.41) is 3.04. The van der Waals surface area contributed by atoms with Crippen molar-refractivity contribution >= 4 is 0 Å². The quantitative estimate of drug-likeness (QED) is 0.835. The van der Waals surface area contributed by atoms with Gasteiger partial charge in [0, 0.05) is 19.4 Å². The highest BCUT2D eigenvalue weighted by molar-refractivity contribution is 4.98. The van der Waals surface area contributed by atoms with E-state index in [0.29, 0.717) is 12.4 Å². The van der Waals surface area contributed by atoms with Crippen LogP contribution < -0.4 is 5.32 Å². The zero-order chi connectivity index (χ0) is 12.9. The van der Waals surface area contributed by atoms with Crippen LogP contribution in [0.3, 0.4) is 0 Å². The molecule has 0 amide bonds. The van der Waals surface area contributed by atoms with Crippen LogP contribution in [0.2, 0.25) is 0 Å². The van der Waals surface area contributed by atoms with Crippen LogP contribution in [0.4, 0.5) is 13.2 Å². The molecule has 0 fully saturated rings. The Balaban J connectivity index is 2.53. The Bertz CT molecular complexity index is 338. The normalized spacial score (nSPS) is 13.9. The van der Waals surface area contributed by atoms with E-state index in [-0.39, 0.29) is 12.6 Å². The van der Waals surface area contributed by atoms with E-state index >= 15 is 0 Å². The van der Waals surface area contributed by atoms with Gasteiger partial charge in [-0.25, -0.2) is 4.98 Å². The first-order valence-electron chi connectivity index (χ1n) is 5.29. The molecule has 1 unspecified atom stereocenters. The summed E-state index contributed by atoms with van der Waals surface area (Å²) in [5.41, 5.74) is 0. The second-order valence-electron chi connectivity index (χ2n) is 3.64. The molecule has 1 heterocycles. The van der Waals surface area contributed by atoms with Gasteiger partial charge in [0.05, 0.1) is 12.6 Å². The van der Waals surface area contributed by atoms with Crippen LogP contribution in [-0.2, 0) is 11.8 Å². The number of aryl methyl sites for hydroxylation is 1. The van der Waals surface area contributed by atoms with E-state index in [0.717, 1.165) is 0 Å². The lowest BCUT2D eigenvalue weighted by molar-refractivity contribution is -0.175. The minimum absolute atomic E-state index is 0.0573. The standard InChI is InChI=1S/C10H16F3N3O/c1-3-14-8(6-17-7-10(11,12)13)9-15-4-5-16(9)2/h4-5,8,14H,3,6-7H2,1-2H3. The lowest BCUT2D eigenvalue weighted by Crippen LogP contribution is -2.29. The van der Waals surface area contributed by atoms with Gasteiger partial charge in [0.15, 0.2) is 0 Å². The summed E-state index contributed by atoms with van der Waals surface area (Å²) < 4.78 is 42.2. The highest BCUT2D eigenvalue weighted by Crippen LogP contribution is 2.16. The second kappa shape index (κ2) is 6.02. The molecule has 1 atom stereocenters. The Labute approximate surface area is 97.8 Å². The molecule has 17 heavy (non-hydrogen) atoms. The molecule has 98 valence electrons. The average molecular weight is 251 g/mol. The van der Waals surface area contributed by atoms with Gasteiger partial charge in [-0.15, -0.1) is 0 Å². The van der Waals surface area contributed by atoms with Crippen molar-refractivity contribution in [2.75, 3.05) is 19.8 Å². The van der Waals surface area contributed by atoms with E-state index in [2.05, 4.69) is 15.0 Å². The Hall–Kier alpha value is -1.08. The van der Waals surface area contributed by atoms with Crippen molar-refractivity contribution in [2.45, 2.75) is 19.1 Å². The van der Waals surface area contributed by atoms with Crippen molar-refractivity contribution in [1.82, 2.24) is 14.9 Å². The first-order chi connectivity index (χ1) is 7.94. The molecule has 0 saturated carbocycles. The zero-order valence-corrected chi connectivity index (χ0v) is 9.79. The lowest BCUT2D eigenvalue weighted by Gasteiger charge is -2.18. The van der Waals surface area contributed by atoms with Crippen LogP contribution in [-0.4, -0.2) is 35.5 Å². The van der Waals surface area contributed by atoms with Crippen LogP contribution in [0.25, 0.3) is 0 Å². The van der Waals surface area contributed by atoms with Crippen molar-refractivity contribution < 1.29 is 17.9 Å². The lowest BCUT2D eigenvalue weighted by atomic mass is 10.3. The molecule has 4 nitrogen and oxygen atoms in total. The third-order valence-corrected chi connectivity index (χ3v) is 2.17. The monoisotopic (exact) mass is 251 g/mol. The summed E-state index contributed by atoms with van der Waals surface area (Å²) in [5.74, 6) is 0.661. The SMILES string of the molecule is CCNC(COCC(F)(F)F)c1nccn1C. The fraction of sp³-hybridized carbons (Fsp3) is 0.700. The Morgan fingerprint density at radius 3 is 2.71 bits per heavy atom. The number of nitrogens with zero attached hydrogens (tertiary/aromatic N) is 2. The van der Waals surface area contributed by atoms with Gasteiger partial charge in [-0.1, -0.05) is 6.92 Å². The number of nitrogens with one attached hydrogen (secondary N) is 1. The van der Waals surface area contributed by atoms with Crippen LogP contribution >= 0.6 is 0 Å². The number of likely N-dealkylation sites (N-methyl/N-ethyl adjacent to an activating group) is 1. The maximum atomic E-state index is 11.9. The first kappa shape index (κ1) is 14.0. The molecule has 1 N–H and O–H groups in total. The molecule has 0 radical (unpaired) electrons. The summed E-state index contributed by atoms with van der Waals surface area (Å²) in [7, 11) is 1.79. The number of rotatable bonds is 6. The molecule has 1 aromatic rings. The van der Waals surface area contributed by atoms with Gasteiger partial charge in [0.1, 0.15) is 12.4 Å². The second-order valence-corrected chi connectivity index (χ2v) is 3.64. The highest BCUT2D eigenvalue weighted by atomic mass is 19.4. The molecule has 0 spiro atoms. The highest BCUT2D eigenvalue weighted by Gasteiger charge is 2.28. The van der Waals surface area contributed by atoms with Crippen LogP contribution in [0, 0.1) is 0 Å². The Morgan fingerprint density at radius 2 is 2.24 bits per heavy atom. The van der Waals surface area contributed by atoms with Gasteiger partial charge in [0.2, 0.25) is 0 Å². The largest absolute Gasteiger partial charge is 0.411 e. The maximum absolute atomic E-state index is 11.9. The van der Waals surface area contributed by atoms with Gasteiger partial charge in [-0.2, -0.15) is 13.2 Å². The van der Waals surface area contributed by atoms with Gasteiger partial charge in [-0.05, 0) is 6.54 Å². The van der Waals surface area contributed by atoms with Crippen molar-refractivity contribution in [3.8, 4) is 0 Å². The topological polar surface area (TPSA) is 39.1 Å². The predicted octanol–water partition coefficient (Wildman–Crippen LogP) is 1.65. The number of alkyl halides is 3. The molecule has 0 saturated heterocycles. The maximum Gasteiger partial charge on any atom is 0.411 e. The molecule has 0 aliphatic heterocycles. The molecular weight excluding hydrogens is 235 g/mol. The van der Waals surface area contributed by atoms with Gasteiger partial charge in [-0.3, -0.25) is 0 Å². The minimum atomic E-state index is -4.29. The number of hydrogen-bond donors (Lipinski definition) is 1. The van der Waals surface area contributed by atoms with E-state index in [9.17, 15) is 13.2 Å². The van der Waals surface area contributed by atoms with Crippen molar-refractivity contribution in [3.63, 3.8) is 0 Å².